The van der Waals surface area contributed by atoms with E-state index < -0.39 is 0 Å². The number of aliphatic imine (C=N–C) groups is 1. The SMILES string of the molecule is CC[C@@H]1CSC2=N[C@@H](c3ccccn3)[C@@H](c3cc(C)n(-c4ccc5c(c4)OCO5)c3C)N21. The number of hydrogen-bond acceptors (Lipinski definition) is 6. The predicted octanol–water partition coefficient (Wildman–Crippen LogP) is 5.20. The summed E-state index contributed by atoms with van der Waals surface area (Å²) in [6.07, 6.45) is 2.98. The van der Waals surface area contributed by atoms with Crippen molar-refractivity contribution < 1.29 is 9.47 Å². The van der Waals surface area contributed by atoms with E-state index in [0.29, 0.717) is 6.04 Å². The van der Waals surface area contributed by atoms with Gasteiger partial charge in [0, 0.05) is 41.1 Å². The van der Waals surface area contributed by atoms with Crippen LogP contribution in [-0.2, 0) is 0 Å². The number of ether oxygens (including phenoxy) is 2. The second-order valence-corrected chi connectivity index (χ2v) is 9.52. The second kappa shape index (κ2) is 7.59. The molecule has 6 nitrogen and oxygen atoms in total. The standard InChI is InChI=1S/C25H26N4O2S/c1-4-17-13-32-25-27-23(20-7-5-6-10-26-20)24(29(17)25)19-11-15(2)28(16(19)3)18-8-9-21-22(12-18)31-14-30-21/h5-12,17,23-24H,4,13-14H2,1-3H3/t17-,23+,24-/m1/s1. The van der Waals surface area contributed by atoms with Crippen molar-refractivity contribution >= 4 is 16.9 Å². The Hall–Kier alpha value is -2.93. The fourth-order valence-electron chi connectivity index (χ4n) is 5.20. The van der Waals surface area contributed by atoms with Crippen molar-refractivity contribution in [3.63, 3.8) is 0 Å². The van der Waals surface area contributed by atoms with Gasteiger partial charge in [0.05, 0.1) is 11.7 Å². The van der Waals surface area contributed by atoms with Crippen LogP contribution in [0.3, 0.4) is 0 Å². The normalized spacial score (nSPS) is 23.5. The van der Waals surface area contributed by atoms with E-state index >= 15 is 0 Å². The van der Waals surface area contributed by atoms with E-state index in [-0.39, 0.29) is 18.9 Å². The Morgan fingerprint density at radius 1 is 1.09 bits per heavy atom. The molecular weight excluding hydrogens is 420 g/mol. The molecule has 0 bridgehead atoms. The molecule has 0 spiro atoms. The molecule has 2 aromatic heterocycles. The third kappa shape index (κ3) is 2.94. The van der Waals surface area contributed by atoms with Gasteiger partial charge in [0.2, 0.25) is 6.79 Å². The lowest BCUT2D eigenvalue weighted by Crippen LogP contribution is -2.35. The van der Waals surface area contributed by atoms with Crippen LogP contribution in [-0.4, -0.2) is 38.2 Å². The highest BCUT2D eigenvalue weighted by atomic mass is 32.2. The maximum absolute atomic E-state index is 5.63. The molecule has 6 rings (SSSR count). The molecule has 1 saturated heterocycles. The van der Waals surface area contributed by atoms with Crippen LogP contribution in [0, 0.1) is 13.8 Å². The van der Waals surface area contributed by atoms with Gasteiger partial charge in [-0.15, -0.1) is 0 Å². The molecule has 0 saturated carbocycles. The monoisotopic (exact) mass is 446 g/mol. The minimum atomic E-state index is -0.00115. The number of benzene rings is 1. The Balaban J connectivity index is 1.47. The van der Waals surface area contributed by atoms with Gasteiger partial charge in [0.15, 0.2) is 16.7 Å². The first-order valence-corrected chi connectivity index (χ1v) is 12.1. The van der Waals surface area contributed by atoms with Crippen molar-refractivity contribution in [3.05, 3.63) is 71.3 Å². The fourth-order valence-corrected chi connectivity index (χ4v) is 6.53. The number of rotatable bonds is 4. The number of aromatic nitrogens is 2. The number of hydrogen-bond donors (Lipinski definition) is 0. The van der Waals surface area contributed by atoms with Gasteiger partial charge in [0.25, 0.3) is 0 Å². The molecule has 0 aliphatic carbocycles. The third-order valence-electron chi connectivity index (χ3n) is 6.73. The largest absolute Gasteiger partial charge is 0.454 e. The molecule has 3 aromatic rings. The molecule has 1 aromatic carbocycles. The quantitative estimate of drug-likeness (QED) is 0.552. The van der Waals surface area contributed by atoms with Gasteiger partial charge in [-0.3, -0.25) is 9.98 Å². The molecule has 32 heavy (non-hydrogen) atoms. The number of thioether (sulfide) groups is 1. The van der Waals surface area contributed by atoms with E-state index in [1.807, 2.05) is 30.1 Å². The lowest BCUT2D eigenvalue weighted by Gasteiger charge is -2.32. The van der Waals surface area contributed by atoms with Crippen molar-refractivity contribution in [1.82, 2.24) is 14.5 Å². The maximum atomic E-state index is 5.63. The molecule has 3 aliphatic rings. The predicted molar refractivity (Wildman–Crippen MR) is 127 cm³/mol. The van der Waals surface area contributed by atoms with Gasteiger partial charge in [-0.05, 0) is 56.2 Å². The van der Waals surface area contributed by atoms with Crippen LogP contribution < -0.4 is 9.47 Å². The highest BCUT2D eigenvalue weighted by Gasteiger charge is 2.46. The first kappa shape index (κ1) is 19.7. The zero-order valence-electron chi connectivity index (χ0n) is 18.5. The maximum Gasteiger partial charge on any atom is 0.231 e. The molecule has 5 heterocycles. The lowest BCUT2D eigenvalue weighted by atomic mass is 9.95. The minimum Gasteiger partial charge on any atom is -0.454 e. The molecule has 164 valence electrons. The molecule has 0 amide bonds. The highest BCUT2D eigenvalue weighted by Crippen LogP contribution is 2.50. The zero-order valence-corrected chi connectivity index (χ0v) is 19.3. The summed E-state index contributed by atoms with van der Waals surface area (Å²) in [6, 6.07) is 15.3. The number of aryl methyl sites for hydroxylation is 1. The summed E-state index contributed by atoms with van der Waals surface area (Å²) in [5.74, 6) is 2.71. The van der Waals surface area contributed by atoms with E-state index in [0.717, 1.165) is 40.2 Å². The molecule has 3 aliphatic heterocycles. The Morgan fingerprint density at radius 3 is 2.78 bits per heavy atom. The summed E-state index contributed by atoms with van der Waals surface area (Å²) >= 11 is 1.88. The van der Waals surface area contributed by atoms with Crippen LogP contribution in [0.15, 0.2) is 53.7 Å². The van der Waals surface area contributed by atoms with E-state index in [4.69, 9.17) is 19.5 Å². The minimum absolute atomic E-state index is 0.00115. The Labute approximate surface area is 192 Å². The molecule has 1 fully saturated rings. The molecule has 0 radical (unpaired) electrons. The highest BCUT2D eigenvalue weighted by molar-refractivity contribution is 8.14. The summed E-state index contributed by atoms with van der Waals surface area (Å²) in [5.41, 5.74) is 5.87. The second-order valence-electron chi connectivity index (χ2n) is 8.54. The van der Waals surface area contributed by atoms with E-state index in [1.54, 1.807) is 0 Å². The number of nitrogens with zero attached hydrogens (tertiary/aromatic N) is 4. The summed E-state index contributed by atoms with van der Waals surface area (Å²) in [5, 5.41) is 1.16. The first-order chi connectivity index (χ1) is 15.7. The van der Waals surface area contributed by atoms with Gasteiger partial charge >= 0.3 is 0 Å². The lowest BCUT2D eigenvalue weighted by molar-refractivity contribution is 0.174. The van der Waals surface area contributed by atoms with Crippen molar-refractivity contribution in [2.24, 2.45) is 4.99 Å². The smallest absolute Gasteiger partial charge is 0.231 e. The van der Waals surface area contributed by atoms with Crippen LogP contribution in [0.2, 0.25) is 0 Å². The molecule has 0 unspecified atom stereocenters. The van der Waals surface area contributed by atoms with Gasteiger partial charge in [0.1, 0.15) is 6.04 Å². The van der Waals surface area contributed by atoms with E-state index in [9.17, 15) is 0 Å². The first-order valence-electron chi connectivity index (χ1n) is 11.1. The van der Waals surface area contributed by atoms with E-state index in [2.05, 4.69) is 60.6 Å². The summed E-state index contributed by atoms with van der Waals surface area (Å²) < 4.78 is 13.5. The Morgan fingerprint density at radius 2 is 1.97 bits per heavy atom. The van der Waals surface area contributed by atoms with Crippen molar-refractivity contribution in [3.8, 4) is 17.2 Å². The number of pyridine rings is 1. The molecule has 3 atom stereocenters. The molecule has 0 N–H and O–H groups in total. The van der Waals surface area contributed by atoms with Crippen molar-refractivity contribution in [2.45, 2.75) is 45.3 Å². The number of fused-ring (bicyclic) bond motifs is 2. The van der Waals surface area contributed by atoms with Gasteiger partial charge in [-0.25, -0.2) is 0 Å². The average Bonchev–Trinajstić information content (AvgIpc) is 3.57. The number of amidine groups is 1. The van der Waals surface area contributed by atoms with Crippen LogP contribution in [0.4, 0.5) is 0 Å². The fraction of sp³-hybridized carbons (Fsp3) is 0.360. The molecular formula is C25H26N4O2S. The van der Waals surface area contributed by atoms with Crippen molar-refractivity contribution in [1.29, 1.82) is 0 Å². The topological polar surface area (TPSA) is 51.9 Å². The Kier molecular flexibility index (Phi) is 4.68. The van der Waals surface area contributed by atoms with Crippen LogP contribution in [0.5, 0.6) is 11.5 Å². The van der Waals surface area contributed by atoms with Gasteiger partial charge in [-0.2, -0.15) is 0 Å². The van der Waals surface area contributed by atoms with E-state index in [1.165, 1.54) is 17.0 Å². The zero-order chi connectivity index (χ0) is 21.8. The average molecular weight is 447 g/mol. The van der Waals surface area contributed by atoms with Crippen molar-refractivity contribution in [2.75, 3.05) is 12.5 Å². The summed E-state index contributed by atoms with van der Waals surface area (Å²) in [4.78, 5) is 12.4. The van der Waals surface area contributed by atoms with Gasteiger partial charge in [-0.1, -0.05) is 24.8 Å². The Bertz CT molecular complexity index is 1210. The van der Waals surface area contributed by atoms with Crippen LogP contribution in [0.25, 0.3) is 5.69 Å². The summed E-state index contributed by atoms with van der Waals surface area (Å²) in [7, 11) is 0. The third-order valence-corrected chi connectivity index (χ3v) is 7.86. The summed E-state index contributed by atoms with van der Waals surface area (Å²) in [6.45, 7) is 6.94. The van der Waals surface area contributed by atoms with Crippen LogP contribution in [0.1, 0.15) is 48.1 Å². The van der Waals surface area contributed by atoms with Crippen LogP contribution >= 0.6 is 11.8 Å². The molecule has 7 heteroatoms. The van der Waals surface area contributed by atoms with Gasteiger partial charge < -0.3 is 18.9 Å².